The highest BCUT2D eigenvalue weighted by Crippen LogP contribution is 2.23. The molecule has 3 heteroatoms. The first-order valence-corrected chi connectivity index (χ1v) is 4.44. The topological polar surface area (TPSA) is 21.1 Å². The standard InChI is InChI=1S/C9H15N3/c1-4-8-7-5-11(2)6-9(7)12(3)10-8/h4-6H2,1-3H3. The summed E-state index contributed by atoms with van der Waals surface area (Å²) >= 11 is 0. The van der Waals surface area contributed by atoms with E-state index in [1.54, 1.807) is 0 Å². The molecule has 0 atom stereocenters. The molecule has 0 unspecified atom stereocenters. The molecule has 1 aliphatic rings. The molecule has 12 heavy (non-hydrogen) atoms. The van der Waals surface area contributed by atoms with Gasteiger partial charge < -0.3 is 0 Å². The molecular formula is C9H15N3. The summed E-state index contributed by atoms with van der Waals surface area (Å²) in [6.07, 6.45) is 1.05. The molecular weight excluding hydrogens is 150 g/mol. The lowest BCUT2D eigenvalue weighted by atomic mass is 10.2. The Kier molecular flexibility index (Phi) is 1.68. The molecule has 0 N–H and O–H groups in total. The van der Waals surface area contributed by atoms with Crippen LogP contribution in [-0.4, -0.2) is 21.7 Å². The first-order valence-electron chi connectivity index (χ1n) is 4.44. The molecule has 0 bridgehead atoms. The molecule has 2 rings (SSSR count). The summed E-state index contributed by atoms with van der Waals surface area (Å²) in [5.41, 5.74) is 4.13. The largest absolute Gasteiger partial charge is 0.296 e. The Morgan fingerprint density at radius 3 is 2.75 bits per heavy atom. The highest BCUT2D eigenvalue weighted by atomic mass is 15.3. The molecule has 0 aromatic carbocycles. The molecule has 1 aromatic rings. The zero-order chi connectivity index (χ0) is 8.72. The Hall–Kier alpha value is -0.830. The van der Waals surface area contributed by atoms with E-state index in [9.17, 15) is 0 Å². The van der Waals surface area contributed by atoms with Crippen LogP contribution in [0.1, 0.15) is 23.9 Å². The Balaban J connectivity index is 2.45. The summed E-state index contributed by atoms with van der Waals surface area (Å²) in [4.78, 5) is 2.32. The zero-order valence-corrected chi connectivity index (χ0v) is 7.96. The molecule has 1 aromatic heterocycles. The Labute approximate surface area is 73.0 Å². The molecule has 3 nitrogen and oxygen atoms in total. The van der Waals surface area contributed by atoms with Crippen LogP contribution in [0.25, 0.3) is 0 Å². The number of hydrogen-bond acceptors (Lipinski definition) is 2. The monoisotopic (exact) mass is 165 g/mol. The summed E-state index contributed by atoms with van der Waals surface area (Å²) < 4.78 is 2.03. The van der Waals surface area contributed by atoms with Crippen molar-refractivity contribution in [2.45, 2.75) is 26.4 Å². The number of nitrogens with zero attached hydrogens (tertiary/aromatic N) is 3. The summed E-state index contributed by atoms with van der Waals surface area (Å²) in [5.74, 6) is 0. The lowest BCUT2D eigenvalue weighted by Crippen LogP contribution is -2.11. The fourth-order valence-corrected chi connectivity index (χ4v) is 1.91. The minimum absolute atomic E-state index is 1.05. The van der Waals surface area contributed by atoms with E-state index in [0.29, 0.717) is 0 Å². The first-order chi connectivity index (χ1) is 5.72. The summed E-state index contributed by atoms with van der Waals surface area (Å²) in [6.45, 7) is 4.30. The third-order valence-electron chi connectivity index (χ3n) is 2.54. The van der Waals surface area contributed by atoms with Crippen LogP contribution >= 0.6 is 0 Å². The van der Waals surface area contributed by atoms with Gasteiger partial charge in [-0.05, 0) is 13.5 Å². The highest BCUT2D eigenvalue weighted by molar-refractivity contribution is 5.29. The van der Waals surface area contributed by atoms with Crippen LogP contribution in [0.5, 0.6) is 0 Å². The molecule has 66 valence electrons. The zero-order valence-electron chi connectivity index (χ0n) is 7.96. The van der Waals surface area contributed by atoms with Crippen LogP contribution in [-0.2, 0) is 26.6 Å². The second-order valence-electron chi connectivity index (χ2n) is 3.52. The summed E-state index contributed by atoms with van der Waals surface area (Å²) in [6, 6.07) is 0. The minimum atomic E-state index is 1.05. The van der Waals surface area contributed by atoms with Gasteiger partial charge in [0.1, 0.15) is 0 Å². The van der Waals surface area contributed by atoms with Crippen LogP contribution in [0, 0.1) is 0 Å². The van der Waals surface area contributed by atoms with Crippen molar-refractivity contribution in [3.05, 3.63) is 17.0 Å². The third-order valence-corrected chi connectivity index (χ3v) is 2.54. The number of hydrogen-bond donors (Lipinski definition) is 0. The fraction of sp³-hybridized carbons (Fsp3) is 0.667. The predicted octanol–water partition coefficient (Wildman–Crippen LogP) is 0.928. The van der Waals surface area contributed by atoms with Crippen LogP contribution in [0.2, 0.25) is 0 Å². The number of aromatic nitrogens is 2. The minimum Gasteiger partial charge on any atom is -0.296 e. The van der Waals surface area contributed by atoms with Gasteiger partial charge in [-0.1, -0.05) is 6.92 Å². The van der Waals surface area contributed by atoms with Gasteiger partial charge in [0.25, 0.3) is 0 Å². The van der Waals surface area contributed by atoms with Crippen LogP contribution in [0.3, 0.4) is 0 Å². The molecule has 0 amide bonds. The molecule has 1 aliphatic heterocycles. The Morgan fingerprint density at radius 2 is 2.08 bits per heavy atom. The van der Waals surface area contributed by atoms with Gasteiger partial charge in [-0.2, -0.15) is 5.10 Å². The molecule has 2 heterocycles. The maximum Gasteiger partial charge on any atom is 0.0670 e. The lowest BCUT2D eigenvalue weighted by molar-refractivity contribution is 0.342. The van der Waals surface area contributed by atoms with Gasteiger partial charge in [-0.25, -0.2) is 0 Å². The van der Waals surface area contributed by atoms with Crippen molar-refractivity contribution >= 4 is 0 Å². The maximum atomic E-state index is 4.48. The fourth-order valence-electron chi connectivity index (χ4n) is 1.91. The van der Waals surface area contributed by atoms with Gasteiger partial charge in [0.15, 0.2) is 0 Å². The van der Waals surface area contributed by atoms with E-state index in [1.165, 1.54) is 17.0 Å². The van der Waals surface area contributed by atoms with Gasteiger partial charge >= 0.3 is 0 Å². The predicted molar refractivity (Wildman–Crippen MR) is 47.8 cm³/mol. The Bertz CT molecular complexity index is 301. The van der Waals surface area contributed by atoms with Crippen molar-refractivity contribution in [2.75, 3.05) is 7.05 Å². The van der Waals surface area contributed by atoms with Crippen molar-refractivity contribution in [3.8, 4) is 0 Å². The maximum absolute atomic E-state index is 4.48. The third kappa shape index (κ3) is 0.966. The highest BCUT2D eigenvalue weighted by Gasteiger charge is 2.22. The Morgan fingerprint density at radius 1 is 1.33 bits per heavy atom. The SMILES string of the molecule is CCc1nn(C)c2c1CN(C)C2. The molecule has 0 aliphatic carbocycles. The molecule has 0 radical (unpaired) electrons. The normalized spacial score (nSPS) is 16.9. The van der Waals surface area contributed by atoms with Gasteiger partial charge in [-0.3, -0.25) is 9.58 Å². The van der Waals surface area contributed by atoms with E-state index in [0.717, 1.165) is 19.5 Å². The van der Waals surface area contributed by atoms with Crippen LogP contribution in [0.4, 0.5) is 0 Å². The number of fused-ring (bicyclic) bond motifs is 1. The van der Waals surface area contributed by atoms with Crippen molar-refractivity contribution in [3.63, 3.8) is 0 Å². The van der Waals surface area contributed by atoms with Crippen LogP contribution in [0.15, 0.2) is 0 Å². The van der Waals surface area contributed by atoms with Crippen molar-refractivity contribution in [2.24, 2.45) is 7.05 Å². The van der Waals surface area contributed by atoms with Crippen molar-refractivity contribution < 1.29 is 0 Å². The summed E-state index contributed by atoms with van der Waals surface area (Å²) in [5, 5.41) is 4.48. The van der Waals surface area contributed by atoms with Crippen LogP contribution < -0.4 is 0 Å². The second-order valence-corrected chi connectivity index (χ2v) is 3.52. The van der Waals surface area contributed by atoms with E-state index in [1.807, 2.05) is 11.7 Å². The smallest absolute Gasteiger partial charge is 0.0670 e. The number of rotatable bonds is 1. The van der Waals surface area contributed by atoms with E-state index in [4.69, 9.17) is 0 Å². The molecule has 0 saturated heterocycles. The van der Waals surface area contributed by atoms with E-state index in [2.05, 4.69) is 24.0 Å². The van der Waals surface area contributed by atoms with E-state index < -0.39 is 0 Å². The van der Waals surface area contributed by atoms with Gasteiger partial charge in [0.2, 0.25) is 0 Å². The van der Waals surface area contributed by atoms with Gasteiger partial charge in [0, 0.05) is 25.7 Å². The molecule has 0 fully saturated rings. The molecule has 0 spiro atoms. The van der Waals surface area contributed by atoms with E-state index >= 15 is 0 Å². The number of aryl methyl sites for hydroxylation is 2. The second kappa shape index (κ2) is 2.59. The average molecular weight is 165 g/mol. The van der Waals surface area contributed by atoms with Crippen molar-refractivity contribution in [1.82, 2.24) is 14.7 Å². The van der Waals surface area contributed by atoms with Gasteiger partial charge in [-0.15, -0.1) is 0 Å². The first kappa shape index (κ1) is 7.80. The lowest BCUT2D eigenvalue weighted by Gasteiger charge is -2.06. The average Bonchev–Trinajstić information content (AvgIpc) is 2.52. The van der Waals surface area contributed by atoms with E-state index in [-0.39, 0.29) is 0 Å². The van der Waals surface area contributed by atoms with Crippen molar-refractivity contribution in [1.29, 1.82) is 0 Å². The molecule has 0 saturated carbocycles. The quantitative estimate of drug-likeness (QED) is 0.617. The van der Waals surface area contributed by atoms with Gasteiger partial charge in [0.05, 0.1) is 11.4 Å². The summed E-state index contributed by atoms with van der Waals surface area (Å²) in [7, 11) is 4.19.